The highest BCUT2D eigenvalue weighted by Crippen LogP contribution is 2.23. The predicted molar refractivity (Wildman–Crippen MR) is 106 cm³/mol. The number of carbonyl (C=O) groups is 2. The zero-order valence-corrected chi connectivity index (χ0v) is 16.0. The van der Waals surface area contributed by atoms with Crippen LogP contribution in [0, 0.1) is 0 Å². The molecule has 2 aromatic carbocycles. The van der Waals surface area contributed by atoms with Crippen LogP contribution in [0.5, 0.6) is 0 Å². The van der Waals surface area contributed by atoms with Crippen molar-refractivity contribution in [2.75, 3.05) is 5.32 Å². The minimum Gasteiger partial charge on any atom is -0.366 e. The summed E-state index contributed by atoms with van der Waals surface area (Å²) in [5, 5.41) is 4.97. The summed E-state index contributed by atoms with van der Waals surface area (Å²) in [5.41, 5.74) is 10.5. The average molecular weight is 366 g/mol. The summed E-state index contributed by atoms with van der Waals surface area (Å²) in [6.45, 7) is 4.04. The number of anilines is 1. The van der Waals surface area contributed by atoms with E-state index in [0.717, 1.165) is 6.42 Å². The molecule has 1 aliphatic rings. The van der Waals surface area contributed by atoms with Crippen molar-refractivity contribution in [3.8, 4) is 0 Å². The molecule has 2 aromatic rings. The van der Waals surface area contributed by atoms with E-state index < -0.39 is 5.91 Å². The van der Waals surface area contributed by atoms with Crippen molar-refractivity contribution in [1.29, 1.82) is 0 Å². The summed E-state index contributed by atoms with van der Waals surface area (Å²) in [7, 11) is 0. The van der Waals surface area contributed by atoms with E-state index in [1.54, 1.807) is 24.3 Å². The molecule has 0 aromatic heterocycles. The largest absolute Gasteiger partial charge is 0.366 e. The smallest absolute Gasteiger partial charge is 0.282 e. The van der Waals surface area contributed by atoms with Crippen LogP contribution in [0.15, 0.2) is 42.5 Å². The van der Waals surface area contributed by atoms with Crippen molar-refractivity contribution in [2.24, 2.45) is 5.73 Å². The van der Waals surface area contributed by atoms with Crippen LogP contribution in [0.25, 0.3) is 0 Å². The zero-order chi connectivity index (χ0) is 19.4. The number of quaternary nitrogens is 1. The lowest BCUT2D eigenvalue weighted by molar-refractivity contribution is -0.709. The topological polar surface area (TPSA) is 88.8 Å². The van der Waals surface area contributed by atoms with Gasteiger partial charge in [0.05, 0.1) is 0 Å². The van der Waals surface area contributed by atoms with Gasteiger partial charge in [0.25, 0.3) is 5.91 Å². The highest BCUT2D eigenvalue weighted by molar-refractivity contribution is 5.95. The van der Waals surface area contributed by atoms with Gasteiger partial charge in [-0.05, 0) is 81.0 Å². The third-order valence-electron chi connectivity index (χ3n) is 5.33. The Morgan fingerprint density at radius 1 is 1.00 bits per heavy atom. The van der Waals surface area contributed by atoms with E-state index in [-0.39, 0.29) is 18.0 Å². The van der Waals surface area contributed by atoms with Gasteiger partial charge in [0, 0.05) is 16.8 Å². The number of fused-ring (bicyclic) bond motifs is 1. The van der Waals surface area contributed by atoms with Crippen LogP contribution in [0.1, 0.15) is 59.8 Å². The molecule has 1 aliphatic carbocycles. The van der Waals surface area contributed by atoms with Gasteiger partial charge in [0.2, 0.25) is 5.91 Å². The number of rotatable bonds is 6. The molecule has 0 saturated heterocycles. The number of hydrogen-bond donors (Lipinski definition) is 3. The molecule has 0 heterocycles. The first kappa shape index (κ1) is 19.1. The van der Waals surface area contributed by atoms with E-state index >= 15 is 0 Å². The number of aryl methyl sites for hydroxylation is 2. The number of benzene rings is 2. The fourth-order valence-corrected chi connectivity index (χ4v) is 3.64. The minimum absolute atomic E-state index is 0.0633. The summed E-state index contributed by atoms with van der Waals surface area (Å²) in [5.74, 6) is -0.542. The number of primary amides is 1. The fraction of sp³-hybridized carbons (Fsp3) is 0.364. The van der Waals surface area contributed by atoms with Crippen molar-refractivity contribution in [2.45, 2.75) is 51.6 Å². The first-order valence-corrected chi connectivity index (χ1v) is 9.61. The first-order chi connectivity index (χ1) is 12.9. The lowest BCUT2D eigenvalue weighted by Gasteiger charge is -2.20. The fourth-order valence-electron chi connectivity index (χ4n) is 3.64. The molecule has 5 N–H and O–H groups in total. The maximum absolute atomic E-state index is 12.5. The van der Waals surface area contributed by atoms with Crippen LogP contribution in [0.2, 0.25) is 0 Å². The van der Waals surface area contributed by atoms with E-state index in [4.69, 9.17) is 5.73 Å². The Morgan fingerprint density at radius 2 is 1.67 bits per heavy atom. The Bertz CT molecular complexity index is 830. The van der Waals surface area contributed by atoms with E-state index in [2.05, 4.69) is 35.8 Å². The Morgan fingerprint density at radius 3 is 2.33 bits per heavy atom. The number of nitrogens with one attached hydrogen (secondary N) is 1. The highest BCUT2D eigenvalue weighted by atomic mass is 16.2. The highest BCUT2D eigenvalue weighted by Gasteiger charge is 2.21. The number of carbonyl (C=O) groups excluding carboxylic acids is 2. The van der Waals surface area contributed by atoms with Crippen molar-refractivity contribution >= 4 is 17.5 Å². The molecule has 3 rings (SSSR count). The van der Waals surface area contributed by atoms with Gasteiger partial charge in [-0.1, -0.05) is 12.1 Å². The number of nitrogens with two attached hydrogens (primary N) is 2. The Labute approximate surface area is 160 Å². The minimum atomic E-state index is -0.478. The van der Waals surface area contributed by atoms with E-state index in [9.17, 15) is 9.59 Å². The molecule has 2 atom stereocenters. The molecule has 0 unspecified atom stereocenters. The number of hydrogen-bond acceptors (Lipinski definition) is 2. The number of amides is 2. The van der Waals surface area contributed by atoms with Crippen LogP contribution in [0.4, 0.5) is 5.69 Å². The van der Waals surface area contributed by atoms with Crippen LogP contribution >= 0.6 is 0 Å². The van der Waals surface area contributed by atoms with Crippen molar-refractivity contribution in [3.63, 3.8) is 0 Å². The standard InChI is InChI=1S/C22H27N3O2/c1-14(18-8-7-16-5-3-4-6-19(16)13-18)24-15(2)22(27)25-20-11-9-17(10-12-20)21(23)26/h7-15,24H,3-6H2,1-2H3,(H2,23,26)(H,25,27)/p+1/t14-,15+/m0/s1. The van der Waals surface area contributed by atoms with E-state index in [1.807, 2.05) is 6.92 Å². The maximum Gasteiger partial charge on any atom is 0.282 e. The van der Waals surface area contributed by atoms with Crippen LogP contribution in [-0.4, -0.2) is 17.9 Å². The zero-order valence-electron chi connectivity index (χ0n) is 16.0. The summed E-state index contributed by atoms with van der Waals surface area (Å²) in [4.78, 5) is 23.6. The van der Waals surface area contributed by atoms with Crippen molar-refractivity contribution in [3.05, 3.63) is 64.7 Å². The molecular formula is C22H28N3O2+. The third kappa shape index (κ3) is 4.74. The van der Waals surface area contributed by atoms with Crippen molar-refractivity contribution in [1.82, 2.24) is 0 Å². The molecule has 0 aliphatic heterocycles. The SMILES string of the molecule is C[C@H]([NH2+][C@H](C)C(=O)Nc1ccc(C(N)=O)cc1)c1ccc2c(c1)CCCC2. The van der Waals surface area contributed by atoms with Gasteiger partial charge >= 0.3 is 0 Å². The van der Waals surface area contributed by atoms with Gasteiger partial charge in [-0.15, -0.1) is 0 Å². The second kappa shape index (κ2) is 8.35. The molecule has 0 spiro atoms. The first-order valence-electron chi connectivity index (χ1n) is 9.61. The van der Waals surface area contributed by atoms with Gasteiger partial charge in [0.1, 0.15) is 6.04 Å². The second-order valence-electron chi connectivity index (χ2n) is 7.44. The normalized spacial score (nSPS) is 15.5. The molecule has 5 heteroatoms. The summed E-state index contributed by atoms with van der Waals surface area (Å²) >= 11 is 0. The molecule has 27 heavy (non-hydrogen) atoms. The molecule has 2 amide bonds. The predicted octanol–water partition coefficient (Wildman–Crippen LogP) is 2.32. The molecule has 0 saturated carbocycles. The van der Waals surface area contributed by atoms with Crippen molar-refractivity contribution < 1.29 is 14.9 Å². The average Bonchev–Trinajstić information content (AvgIpc) is 2.67. The van der Waals surface area contributed by atoms with Gasteiger partial charge in [-0.3, -0.25) is 9.59 Å². The van der Waals surface area contributed by atoms with E-state index in [1.165, 1.54) is 36.0 Å². The molecule has 5 nitrogen and oxygen atoms in total. The van der Waals surface area contributed by atoms with Gasteiger partial charge in [-0.25, -0.2) is 0 Å². The summed E-state index contributed by atoms with van der Waals surface area (Å²) in [6, 6.07) is 13.3. The lowest BCUT2D eigenvalue weighted by atomic mass is 9.89. The van der Waals surface area contributed by atoms with Gasteiger partial charge < -0.3 is 16.4 Å². The maximum atomic E-state index is 12.5. The summed E-state index contributed by atoms with van der Waals surface area (Å²) < 4.78 is 0. The summed E-state index contributed by atoms with van der Waals surface area (Å²) in [6.07, 6.45) is 4.89. The van der Waals surface area contributed by atoms with Gasteiger partial charge in [0.15, 0.2) is 6.04 Å². The third-order valence-corrected chi connectivity index (χ3v) is 5.33. The molecule has 0 bridgehead atoms. The van der Waals surface area contributed by atoms with Crippen LogP contribution in [0.3, 0.4) is 0 Å². The van der Waals surface area contributed by atoms with Crippen LogP contribution in [-0.2, 0) is 17.6 Å². The quantitative estimate of drug-likeness (QED) is 0.732. The van der Waals surface area contributed by atoms with E-state index in [0.29, 0.717) is 11.3 Å². The molecule has 0 radical (unpaired) electrons. The van der Waals surface area contributed by atoms with Crippen LogP contribution < -0.4 is 16.4 Å². The Hall–Kier alpha value is -2.66. The Balaban J connectivity index is 1.59. The molecule has 142 valence electrons. The Kier molecular flexibility index (Phi) is 5.91. The monoisotopic (exact) mass is 366 g/mol. The second-order valence-corrected chi connectivity index (χ2v) is 7.44. The molecule has 0 fully saturated rings. The van der Waals surface area contributed by atoms with Gasteiger partial charge in [-0.2, -0.15) is 0 Å². The lowest BCUT2D eigenvalue weighted by Crippen LogP contribution is -2.91. The molecular weight excluding hydrogens is 338 g/mol.